The van der Waals surface area contributed by atoms with Crippen molar-refractivity contribution >= 4 is 35.9 Å². The normalized spacial score (nSPS) is 11.1. The third kappa shape index (κ3) is 18.2. The van der Waals surface area contributed by atoms with Crippen molar-refractivity contribution in [1.29, 1.82) is 0 Å². The lowest BCUT2D eigenvalue weighted by Gasteiger charge is -2.18. The Morgan fingerprint density at radius 3 is 1.49 bits per heavy atom. The van der Waals surface area contributed by atoms with Gasteiger partial charge >= 0.3 is 29.8 Å². The molecule has 0 aromatic heterocycles. The van der Waals surface area contributed by atoms with Gasteiger partial charge < -0.3 is 33.2 Å². The van der Waals surface area contributed by atoms with Crippen LogP contribution in [0, 0.1) is 0 Å². The molecular weight excluding hydrogens is 781 g/mol. The van der Waals surface area contributed by atoms with Crippen molar-refractivity contribution in [3.05, 3.63) is 157 Å². The molecule has 0 unspecified atom stereocenters. The van der Waals surface area contributed by atoms with E-state index in [9.17, 15) is 24.0 Å². The molecule has 0 N–H and O–H groups in total. The van der Waals surface area contributed by atoms with Gasteiger partial charge in [-0.25, -0.2) is 24.0 Å². The first-order valence-corrected chi connectivity index (χ1v) is 20.2. The summed E-state index contributed by atoms with van der Waals surface area (Å²) in [6.45, 7) is 8.33. The Labute approximate surface area is 356 Å². The number of carbonyl (C=O) groups excluding carboxylic acids is 5. The van der Waals surface area contributed by atoms with Crippen molar-refractivity contribution in [2.75, 3.05) is 33.0 Å². The van der Waals surface area contributed by atoms with Gasteiger partial charge in [0.15, 0.2) is 6.10 Å². The SMILES string of the molecule is C=CC(=O)OCCCCCCOc1ccc(C=CC(=O)OC[C@H](OC(=O)c2ccc(OC(=O)c3ccc(OCCCCCCOC(=O)C=C)cc3)cc2)c2ccccc2)cc1. The first-order valence-electron chi connectivity index (χ1n) is 20.2. The van der Waals surface area contributed by atoms with Gasteiger partial charge in [-0.05, 0) is 129 Å². The minimum atomic E-state index is -0.887. The fraction of sp³-hybridized carbons (Fsp3) is 0.286. The summed E-state index contributed by atoms with van der Waals surface area (Å²) < 4.78 is 38.3. The maximum atomic E-state index is 13.2. The van der Waals surface area contributed by atoms with Crippen LogP contribution < -0.4 is 14.2 Å². The number of esters is 5. The molecule has 0 aliphatic heterocycles. The van der Waals surface area contributed by atoms with Crippen molar-refractivity contribution in [1.82, 2.24) is 0 Å². The number of hydrogen-bond acceptors (Lipinski definition) is 12. The van der Waals surface area contributed by atoms with Crippen LogP contribution in [0.1, 0.15) is 89.3 Å². The summed E-state index contributed by atoms with van der Waals surface area (Å²) >= 11 is 0. The predicted octanol–water partition coefficient (Wildman–Crippen LogP) is 9.40. The lowest BCUT2D eigenvalue weighted by Crippen LogP contribution is -2.18. The van der Waals surface area contributed by atoms with E-state index in [0.29, 0.717) is 49.1 Å². The Kier molecular flexibility index (Phi) is 20.6. The smallest absolute Gasteiger partial charge is 0.343 e. The Hall–Kier alpha value is -6.95. The van der Waals surface area contributed by atoms with Crippen LogP contribution in [0.4, 0.5) is 0 Å². The highest BCUT2D eigenvalue weighted by Crippen LogP contribution is 2.23. The van der Waals surface area contributed by atoms with Crippen LogP contribution in [0.2, 0.25) is 0 Å². The fourth-order valence-corrected chi connectivity index (χ4v) is 5.58. The second kappa shape index (κ2) is 26.9. The van der Waals surface area contributed by atoms with Crippen molar-refractivity contribution in [2.24, 2.45) is 0 Å². The molecule has 0 amide bonds. The Balaban J connectivity index is 1.18. The highest BCUT2D eigenvalue weighted by atomic mass is 16.6. The van der Waals surface area contributed by atoms with Crippen LogP contribution in [0.3, 0.4) is 0 Å². The molecular formula is C49H52O12. The van der Waals surface area contributed by atoms with Crippen LogP contribution in [-0.2, 0) is 33.3 Å². The molecule has 0 spiro atoms. The van der Waals surface area contributed by atoms with Crippen molar-refractivity contribution in [2.45, 2.75) is 57.5 Å². The molecule has 0 fully saturated rings. The molecule has 0 bridgehead atoms. The molecule has 0 aliphatic rings. The van der Waals surface area contributed by atoms with Gasteiger partial charge in [0, 0.05) is 18.2 Å². The number of rotatable bonds is 27. The second-order valence-electron chi connectivity index (χ2n) is 13.5. The molecule has 12 nitrogen and oxygen atoms in total. The van der Waals surface area contributed by atoms with Crippen molar-refractivity contribution < 1.29 is 57.1 Å². The summed E-state index contributed by atoms with van der Waals surface area (Å²) in [6, 6.07) is 28.8. The predicted molar refractivity (Wildman–Crippen MR) is 229 cm³/mol. The maximum absolute atomic E-state index is 13.2. The first kappa shape index (κ1) is 46.7. The van der Waals surface area contributed by atoms with E-state index in [0.717, 1.165) is 69.1 Å². The molecule has 61 heavy (non-hydrogen) atoms. The molecule has 12 heteroatoms. The molecule has 4 aromatic rings. The van der Waals surface area contributed by atoms with E-state index in [1.165, 1.54) is 30.3 Å². The summed E-state index contributed by atoms with van der Waals surface area (Å²) in [7, 11) is 0. The average molecular weight is 833 g/mol. The Morgan fingerprint density at radius 1 is 0.492 bits per heavy atom. The summed E-state index contributed by atoms with van der Waals surface area (Å²) in [4.78, 5) is 60.8. The van der Waals surface area contributed by atoms with Crippen LogP contribution in [0.15, 0.2) is 135 Å². The van der Waals surface area contributed by atoms with Gasteiger partial charge in [-0.2, -0.15) is 0 Å². The van der Waals surface area contributed by atoms with Crippen LogP contribution >= 0.6 is 0 Å². The molecule has 1 atom stereocenters. The lowest BCUT2D eigenvalue weighted by atomic mass is 10.1. The fourth-order valence-electron chi connectivity index (χ4n) is 5.58. The molecule has 0 saturated carbocycles. The monoisotopic (exact) mass is 832 g/mol. The highest BCUT2D eigenvalue weighted by molar-refractivity contribution is 5.92. The van der Waals surface area contributed by atoms with E-state index < -0.39 is 36.0 Å². The quantitative estimate of drug-likeness (QED) is 0.0185. The Bertz CT molecular complexity index is 2020. The summed E-state index contributed by atoms with van der Waals surface area (Å²) in [5, 5.41) is 0. The van der Waals surface area contributed by atoms with Gasteiger partial charge in [0.1, 0.15) is 23.9 Å². The zero-order valence-electron chi connectivity index (χ0n) is 34.2. The van der Waals surface area contributed by atoms with Gasteiger partial charge in [0.2, 0.25) is 0 Å². The third-order valence-electron chi connectivity index (χ3n) is 8.92. The molecule has 0 saturated heterocycles. The zero-order chi connectivity index (χ0) is 43.5. The topological polar surface area (TPSA) is 150 Å². The molecule has 0 heterocycles. The van der Waals surface area contributed by atoms with E-state index in [1.54, 1.807) is 54.6 Å². The molecule has 4 aromatic carbocycles. The summed E-state index contributed by atoms with van der Waals surface area (Å²) in [5.74, 6) is -1.11. The molecule has 4 rings (SSSR count). The molecule has 320 valence electrons. The minimum Gasteiger partial charge on any atom is -0.494 e. The number of hydrogen-bond donors (Lipinski definition) is 0. The second-order valence-corrected chi connectivity index (χ2v) is 13.5. The minimum absolute atomic E-state index is 0.209. The van der Waals surface area contributed by atoms with E-state index >= 15 is 0 Å². The van der Waals surface area contributed by atoms with Gasteiger partial charge in [-0.3, -0.25) is 0 Å². The number of ether oxygens (including phenoxy) is 7. The zero-order valence-corrected chi connectivity index (χ0v) is 34.2. The number of unbranched alkanes of at least 4 members (excludes halogenated alkanes) is 6. The number of benzene rings is 4. The molecule has 0 aliphatic carbocycles. The van der Waals surface area contributed by atoms with Gasteiger partial charge in [0.25, 0.3) is 0 Å². The maximum Gasteiger partial charge on any atom is 0.343 e. The largest absolute Gasteiger partial charge is 0.494 e. The Morgan fingerprint density at radius 2 is 0.967 bits per heavy atom. The van der Waals surface area contributed by atoms with Gasteiger partial charge in [0.05, 0.1) is 37.6 Å². The van der Waals surface area contributed by atoms with E-state index in [-0.39, 0.29) is 17.9 Å². The van der Waals surface area contributed by atoms with Crippen LogP contribution in [0.25, 0.3) is 6.08 Å². The number of carbonyl (C=O) groups is 5. The highest BCUT2D eigenvalue weighted by Gasteiger charge is 2.20. The van der Waals surface area contributed by atoms with Gasteiger partial charge in [-0.15, -0.1) is 0 Å². The van der Waals surface area contributed by atoms with Crippen molar-refractivity contribution in [3.63, 3.8) is 0 Å². The van der Waals surface area contributed by atoms with Crippen molar-refractivity contribution in [3.8, 4) is 17.2 Å². The summed E-state index contributed by atoms with van der Waals surface area (Å²) in [5.41, 5.74) is 1.94. The van der Waals surface area contributed by atoms with E-state index in [2.05, 4.69) is 13.2 Å². The van der Waals surface area contributed by atoms with E-state index in [4.69, 9.17) is 33.2 Å². The van der Waals surface area contributed by atoms with Crippen LogP contribution in [-0.4, -0.2) is 62.9 Å². The third-order valence-corrected chi connectivity index (χ3v) is 8.92. The summed E-state index contributed by atoms with van der Waals surface area (Å²) in [6.07, 6.45) is 11.3. The lowest BCUT2D eigenvalue weighted by molar-refractivity contribution is -0.141. The van der Waals surface area contributed by atoms with E-state index in [1.807, 2.05) is 30.3 Å². The van der Waals surface area contributed by atoms with Gasteiger partial charge in [-0.1, -0.05) is 55.6 Å². The first-order chi connectivity index (χ1) is 29.7. The standard InChI is InChI=1S/C49H52O12/c1-3-45(50)57-34-14-7-5-12-32-55-41-25-18-37(19-26-41)20-31-47(52)59-36-44(38-16-10-9-11-17-38)61-49(54)40-23-29-43(30-24-40)60-48(53)39-21-27-42(28-22-39)56-33-13-6-8-15-35-58-46(51)4-2/h3-4,9-11,16-31,44H,1-2,5-8,12-15,32-36H2/t44-/m0/s1. The van der Waals surface area contributed by atoms with Crippen LogP contribution in [0.5, 0.6) is 17.2 Å². The molecule has 0 radical (unpaired) electrons. The average Bonchev–Trinajstić information content (AvgIpc) is 3.29.